The molecule has 1 fully saturated rings. The van der Waals surface area contributed by atoms with E-state index in [9.17, 15) is 0 Å². The topological polar surface area (TPSA) is 23.8 Å². The Hall–Kier alpha value is 0.190. The second kappa shape index (κ2) is 3.74. The van der Waals surface area contributed by atoms with Crippen molar-refractivity contribution >= 4 is 23.5 Å². The van der Waals surface area contributed by atoms with Crippen molar-refractivity contribution in [1.82, 2.24) is 0 Å². The molecular weight excluding hydrogens is 198 g/mol. The average Bonchev–Trinajstić information content (AvgIpc) is 2.04. The lowest BCUT2D eigenvalue weighted by Crippen LogP contribution is -2.32. The van der Waals surface area contributed by atoms with Gasteiger partial charge in [0.2, 0.25) is 0 Å². The zero-order chi connectivity index (χ0) is 10.1. The molecule has 1 heterocycles. The van der Waals surface area contributed by atoms with Gasteiger partial charge in [-0.05, 0) is 29.8 Å². The standard InChI is InChI=1S/C10H17NS2/c1-9(2,3)8-5-12-10(4,7-11)13-6-8/h8H,5-6H2,1-4H3. The van der Waals surface area contributed by atoms with E-state index < -0.39 is 0 Å². The first-order valence-corrected chi connectivity index (χ1v) is 6.54. The molecule has 0 amide bonds. The third kappa shape index (κ3) is 2.82. The summed E-state index contributed by atoms with van der Waals surface area (Å²) in [6.07, 6.45) is 0. The third-order valence-corrected chi connectivity index (χ3v) is 5.68. The second-order valence-electron chi connectivity index (χ2n) is 4.74. The molecular formula is C10H17NS2. The summed E-state index contributed by atoms with van der Waals surface area (Å²) in [6, 6.07) is 2.38. The molecule has 0 aromatic heterocycles. The maximum absolute atomic E-state index is 8.95. The molecule has 0 N–H and O–H groups in total. The number of rotatable bonds is 0. The molecule has 0 saturated carbocycles. The number of hydrogen-bond donors (Lipinski definition) is 0. The van der Waals surface area contributed by atoms with Crippen molar-refractivity contribution in [1.29, 1.82) is 5.26 Å². The molecule has 0 aromatic rings. The van der Waals surface area contributed by atoms with Gasteiger partial charge >= 0.3 is 0 Å². The van der Waals surface area contributed by atoms with Crippen molar-refractivity contribution in [3.05, 3.63) is 0 Å². The summed E-state index contributed by atoms with van der Waals surface area (Å²) in [5.41, 5.74) is 0.386. The summed E-state index contributed by atoms with van der Waals surface area (Å²) >= 11 is 3.60. The first-order chi connectivity index (χ1) is 5.87. The molecule has 0 aliphatic carbocycles. The predicted molar refractivity (Wildman–Crippen MR) is 61.9 cm³/mol. The summed E-state index contributed by atoms with van der Waals surface area (Å²) in [5, 5.41) is 8.95. The van der Waals surface area contributed by atoms with Crippen molar-refractivity contribution in [2.45, 2.75) is 31.8 Å². The van der Waals surface area contributed by atoms with Crippen LogP contribution in [0.5, 0.6) is 0 Å². The lowest BCUT2D eigenvalue weighted by molar-refractivity contribution is 0.292. The fourth-order valence-electron chi connectivity index (χ4n) is 1.17. The van der Waals surface area contributed by atoms with Gasteiger partial charge in [-0.1, -0.05) is 20.8 Å². The number of nitrogens with zero attached hydrogens (tertiary/aromatic N) is 1. The van der Waals surface area contributed by atoms with E-state index in [0.29, 0.717) is 5.41 Å². The molecule has 74 valence electrons. The zero-order valence-corrected chi connectivity index (χ0v) is 10.4. The Morgan fingerprint density at radius 3 is 2.08 bits per heavy atom. The van der Waals surface area contributed by atoms with Crippen molar-refractivity contribution in [2.24, 2.45) is 11.3 Å². The van der Waals surface area contributed by atoms with Gasteiger partial charge in [-0.3, -0.25) is 0 Å². The SMILES string of the molecule is CC1(C#N)SCC(C(C)(C)C)CS1. The highest BCUT2D eigenvalue weighted by Crippen LogP contribution is 2.47. The summed E-state index contributed by atoms with van der Waals surface area (Å²) in [5.74, 6) is 2.99. The minimum atomic E-state index is -0.193. The number of nitriles is 1. The monoisotopic (exact) mass is 215 g/mol. The van der Waals surface area contributed by atoms with E-state index in [1.54, 1.807) is 23.5 Å². The van der Waals surface area contributed by atoms with Gasteiger partial charge in [-0.15, -0.1) is 23.5 Å². The first kappa shape index (κ1) is 11.3. The van der Waals surface area contributed by atoms with Gasteiger partial charge in [-0.25, -0.2) is 0 Å². The molecule has 3 heteroatoms. The van der Waals surface area contributed by atoms with E-state index in [-0.39, 0.29) is 4.08 Å². The lowest BCUT2D eigenvalue weighted by Gasteiger charge is -2.38. The molecule has 0 atom stereocenters. The van der Waals surface area contributed by atoms with Crippen LogP contribution >= 0.6 is 23.5 Å². The summed E-state index contributed by atoms with van der Waals surface area (Å²) < 4.78 is -0.193. The van der Waals surface area contributed by atoms with Crippen LogP contribution in [0.1, 0.15) is 27.7 Å². The first-order valence-electron chi connectivity index (χ1n) is 4.56. The maximum Gasteiger partial charge on any atom is 0.145 e. The minimum absolute atomic E-state index is 0.193. The quantitative estimate of drug-likeness (QED) is 0.619. The molecule has 1 rings (SSSR count). The van der Waals surface area contributed by atoms with Gasteiger partial charge in [-0.2, -0.15) is 5.26 Å². The van der Waals surface area contributed by atoms with Crippen LogP contribution in [0.2, 0.25) is 0 Å². The van der Waals surface area contributed by atoms with E-state index in [1.807, 2.05) is 6.92 Å². The van der Waals surface area contributed by atoms with E-state index in [4.69, 9.17) is 5.26 Å². The highest BCUT2D eigenvalue weighted by molar-refractivity contribution is 8.19. The Kier molecular flexibility index (Phi) is 3.24. The smallest absolute Gasteiger partial charge is 0.145 e. The molecule has 1 saturated heterocycles. The Bertz CT molecular complexity index is 216. The van der Waals surface area contributed by atoms with Crippen LogP contribution in [0, 0.1) is 22.7 Å². The highest BCUT2D eigenvalue weighted by atomic mass is 32.2. The maximum atomic E-state index is 8.95. The van der Waals surface area contributed by atoms with Crippen molar-refractivity contribution in [3.8, 4) is 6.07 Å². The Balaban J connectivity index is 2.54. The fraction of sp³-hybridized carbons (Fsp3) is 0.900. The third-order valence-electron chi connectivity index (χ3n) is 2.55. The minimum Gasteiger partial charge on any atom is -0.196 e. The number of thioether (sulfide) groups is 2. The summed E-state index contributed by atoms with van der Waals surface area (Å²) in [6.45, 7) is 8.89. The van der Waals surface area contributed by atoms with Crippen LogP contribution in [0.25, 0.3) is 0 Å². The lowest BCUT2D eigenvalue weighted by atomic mass is 9.83. The highest BCUT2D eigenvalue weighted by Gasteiger charge is 2.36. The van der Waals surface area contributed by atoms with Crippen LogP contribution in [-0.4, -0.2) is 15.6 Å². The Labute approximate surface area is 89.7 Å². The van der Waals surface area contributed by atoms with E-state index in [2.05, 4.69) is 26.8 Å². The second-order valence-corrected chi connectivity index (χ2v) is 7.88. The van der Waals surface area contributed by atoms with Gasteiger partial charge in [0.25, 0.3) is 0 Å². The molecule has 0 radical (unpaired) electrons. The average molecular weight is 215 g/mol. The predicted octanol–water partition coefficient (Wildman–Crippen LogP) is 3.37. The summed E-state index contributed by atoms with van der Waals surface area (Å²) in [4.78, 5) is 0. The van der Waals surface area contributed by atoms with Crippen molar-refractivity contribution < 1.29 is 0 Å². The van der Waals surface area contributed by atoms with Crippen molar-refractivity contribution in [3.63, 3.8) is 0 Å². The van der Waals surface area contributed by atoms with Crippen LogP contribution in [0.4, 0.5) is 0 Å². The van der Waals surface area contributed by atoms with E-state index in [0.717, 1.165) is 17.4 Å². The Morgan fingerprint density at radius 2 is 1.77 bits per heavy atom. The molecule has 13 heavy (non-hydrogen) atoms. The van der Waals surface area contributed by atoms with Gasteiger partial charge in [0.05, 0.1) is 6.07 Å². The molecule has 0 aromatic carbocycles. The molecule has 0 unspecified atom stereocenters. The van der Waals surface area contributed by atoms with Crippen molar-refractivity contribution in [2.75, 3.05) is 11.5 Å². The molecule has 0 bridgehead atoms. The van der Waals surface area contributed by atoms with Gasteiger partial charge in [0.15, 0.2) is 0 Å². The van der Waals surface area contributed by atoms with E-state index in [1.165, 1.54) is 0 Å². The van der Waals surface area contributed by atoms with Gasteiger partial charge in [0, 0.05) is 0 Å². The largest absolute Gasteiger partial charge is 0.196 e. The van der Waals surface area contributed by atoms with E-state index >= 15 is 0 Å². The van der Waals surface area contributed by atoms with Gasteiger partial charge < -0.3 is 0 Å². The molecule has 1 aliphatic rings. The number of hydrogen-bond acceptors (Lipinski definition) is 3. The van der Waals surface area contributed by atoms with Crippen LogP contribution in [0.3, 0.4) is 0 Å². The van der Waals surface area contributed by atoms with Gasteiger partial charge in [0.1, 0.15) is 4.08 Å². The summed E-state index contributed by atoms with van der Waals surface area (Å²) in [7, 11) is 0. The fourth-order valence-corrected chi connectivity index (χ4v) is 4.47. The van der Waals surface area contributed by atoms with Crippen LogP contribution < -0.4 is 0 Å². The zero-order valence-electron chi connectivity index (χ0n) is 8.76. The van der Waals surface area contributed by atoms with Crippen LogP contribution in [-0.2, 0) is 0 Å². The molecule has 1 aliphatic heterocycles. The Morgan fingerprint density at radius 1 is 1.31 bits per heavy atom. The normalized spacial score (nSPS) is 35.5. The molecule has 0 spiro atoms. The molecule has 1 nitrogen and oxygen atoms in total. The van der Waals surface area contributed by atoms with Crippen LogP contribution in [0.15, 0.2) is 0 Å².